The molecule has 11 heteroatoms. The van der Waals surface area contributed by atoms with E-state index in [2.05, 4.69) is 33.6 Å². The van der Waals surface area contributed by atoms with Crippen LogP contribution in [-0.2, 0) is 4.74 Å². The quantitative estimate of drug-likeness (QED) is 0.307. The Bertz CT molecular complexity index is 1470. The van der Waals surface area contributed by atoms with Crippen molar-refractivity contribution in [1.82, 2.24) is 24.9 Å². The van der Waals surface area contributed by atoms with E-state index in [1.54, 1.807) is 41.3 Å². The minimum atomic E-state index is -0.786. The van der Waals surface area contributed by atoms with Gasteiger partial charge in [-0.15, -0.1) is 0 Å². The van der Waals surface area contributed by atoms with Crippen molar-refractivity contribution in [1.29, 1.82) is 0 Å². The van der Waals surface area contributed by atoms with Crippen molar-refractivity contribution in [3.05, 3.63) is 76.5 Å². The van der Waals surface area contributed by atoms with Crippen molar-refractivity contribution in [3.63, 3.8) is 0 Å². The van der Waals surface area contributed by atoms with E-state index in [0.717, 1.165) is 22.9 Å². The molecule has 37 heavy (non-hydrogen) atoms. The van der Waals surface area contributed by atoms with Gasteiger partial charge >= 0.3 is 6.09 Å². The number of halogens is 2. The van der Waals surface area contributed by atoms with Gasteiger partial charge in [-0.25, -0.2) is 9.18 Å². The average molecular weight is 525 g/mol. The molecule has 0 saturated carbocycles. The molecule has 0 radical (unpaired) electrons. The number of aromatic nitrogens is 4. The van der Waals surface area contributed by atoms with Crippen molar-refractivity contribution in [2.45, 2.75) is 38.3 Å². The monoisotopic (exact) mass is 524 g/mol. The van der Waals surface area contributed by atoms with Crippen LogP contribution < -0.4 is 5.32 Å². The maximum absolute atomic E-state index is 14.6. The van der Waals surface area contributed by atoms with Gasteiger partial charge in [-0.05, 0) is 49.1 Å². The van der Waals surface area contributed by atoms with Gasteiger partial charge in [0, 0.05) is 25.2 Å². The highest BCUT2D eigenvalue weighted by molar-refractivity contribution is 6.31. The third kappa shape index (κ3) is 4.89. The number of nitrogens with one attached hydrogen (secondary N) is 2. The van der Waals surface area contributed by atoms with Gasteiger partial charge in [-0.2, -0.15) is 10.2 Å². The Hall–Kier alpha value is -3.92. The van der Waals surface area contributed by atoms with Gasteiger partial charge in [0.05, 0.1) is 45.8 Å². The van der Waals surface area contributed by atoms with E-state index in [0.29, 0.717) is 30.6 Å². The summed E-state index contributed by atoms with van der Waals surface area (Å²) in [4.78, 5) is 26.5. The fraction of sp³-hybridized carbons (Fsp3) is 0.308. The number of ether oxygens (including phenoxy) is 1. The number of cyclic esters (lactones) is 1. The van der Waals surface area contributed by atoms with Gasteiger partial charge in [0.25, 0.3) is 5.91 Å². The number of carbonyl (C=O) groups excluding carboxylic acids is 2. The molecule has 0 spiro atoms. The second kappa shape index (κ2) is 10.2. The van der Waals surface area contributed by atoms with Crippen LogP contribution in [0.5, 0.6) is 0 Å². The van der Waals surface area contributed by atoms with E-state index in [4.69, 9.17) is 16.3 Å². The number of anilines is 1. The fourth-order valence-corrected chi connectivity index (χ4v) is 4.88. The summed E-state index contributed by atoms with van der Waals surface area (Å²) in [6.45, 7) is 2.46. The fourth-order valence-electron chi connectivity index (χ4n) is 4.72. The minimum Gasteiger partial charge on any atom is -0.441 e. The molecule has 2 atom stereocenters. The van der Waals surface area contributed by atoms with Crippen molar-refractivity contribution in [3.8, 4) is 0 Å². The molecule has 2 amide bonds. The highest BCUT2D eigenvalue weighted by atomic mass is 35.5. The lowest BCUT2D eigenvalue weighted by molar-refractivity contribution is 0.0759. The molecule has 4 aromatic rings. The van der Waals surface area contributed by atoms with Crippen LogP contribution in [-0.4, -0.2) is 50.5 Å². The molecule has 5 rings (SSSR count). The number of carbonyl (C=O) groups is 2. The summed E-state index contributed by atoms with van der Waals surface area (Å²) in [6, 6.07) is 9.02. The molecule has 1 aliphatic rings. The number of amides is 2. The minimum absolute atomic E-state index is 0.0254. The Morgan fingerprint density at radius 3 is 2.95 bits per heavy atom. The molecule has 0 bridgehead atoms. The van der Waals surface area contributed by atoms with Crippen LogP contribution in [0.3, 0.4) is 0 Å². The number of hydrogen-bond acceptors (Lipinski definition) is 5. The largest absolute Gasteiger partial charge is 0.441 e. The first-order valence-corrected chi connectivity index (χ1v) is 12.4. The Morgan fingerprint density at radius 1 is 1.30 bits per heavy atom. The summed E-state index contributed by atoms with van der Waals surface area (Å²) in [5.74, 6) is -0.790. The van der Waals surface area contributed by atoms with E-state index in [1.165, 1.54) is 6.07 Å². The first-order chi connectivity index (χ1) is 17.9. The molecule has 0 fully saturated rings. The molecule has 0 aliphatic carbocycles. The van der Waals surface area contributed by atoms with Gasteiger partial charge in [0.15, 0.2) is 5.82 Å². The zero-order valence-electron chi connectivity index (χ0n) is 20.4. The summed E-state index contributed by atoms with van der Waals surface area (Å²) < 4.78 is 21.7. The maximum Gasteiger partial charge on any atom is 0.412 e. The number of fused-ring (bicyclic) bond motifs is 2. The standard InChI is InChI=1S/C26H26ClFN6O3/c1-3-21(15-6-8-19-16(11-15)12-29-32-19)34-14-17(13-30-34)25(35)33(2)10-4-5-22-23-20(31-26(36)37-22)9-7-18(27)24(23)28/h6-9,11-14,21-22H,3-5,10H2,1-2H3,(H,29,32)(H,31,36). The summed E-state index contributed by atoms with van der Waals surface area (Å²) in [5.41, 5.74) is 3.09. The highest BCUT2D eigenvalue weighted by Crippen LogP contribution is 2.38. The zero-order chi connectivity index (χ0) is 26.1. The van der Waals surface area contributed by atoms with Crippen LogP contribution in [0, 0.1) is 5.82 Å². The zero-order valence-corrected chi connectivity index (χ0v) is 21.1. The lowest BCUT2D eigenvalue weighted by atomic mass is 10.0. The Labute approximate surface area is 217 Å². The van der Waals surface area contributed by atoms with Gasteiger partial charge in [0.2, 0.25) is 0 Å². The first-order valence-electron chi connectivity index (χ1n) is 12.0. The van der Waals surface area contributed by atoms with Crippen LogP contribution in [0.15, 0.2) is 48.9 Å². The third-order valence-electron chi connectivity index (χ3n) is 6.65. The van der Waals surface area contributed by atoms with Crippen LogP contribution in [0.2, 0.25) is 5.02 Å². The van der Waals surface area contributed by atoms with Gasteiger partial charge in [-0.3, -0.25) is 19.9 Å². The lowest BCUT2D eigenvalue weighted by Gasteiger charge is -2.27. The average Bonchev–Trinajstić information content (AvgIpc) is 3.56. The predicted octanol–water partition coefficient (Wildman–Crippen LogP) is 5.71. The van der Waals surface area contributed by atoms with E-state index >= 15 is 0 Å². The summed E-state index contributed by atoms with van der Waals surface area (Å²) in [5, 5.41) is 15.0. The molecule has 0 saturated heterocycles. The number of hydrogen-bond donors (Lipinski definition) is 2. The molecule has 2 aromatic heterocycles. The van der Waals surface area contributed by atoms with Crippen molar-refractivity contribution < 1.29 is 18.7 Å². The topological polar surface area (TPSA) is 105 Å². The number of benzene rings is 2. The van der Waals surface area contributed by atoms with E-state index in [9.17, 15) is 14.0 Å². The molecule has 2 unspecified atom stereocenters. The molecule has 9 nitrogen and oxygen atoms in total. The molecule has 2 N–H and O–H groups in total. The third-order valence-corrected chi connectivity index (χ3v) is 6.94. The van der Waals surface area contributed by atoms with Crippen LogP contribution >= 0.6 is 11.6 Å². The van der Waals surface area contributed by atoms with Gasteiger partial charge in [0.1, 0.15) is 6.10 Å². The maximum atomic E-state index is 14.6. The second-order valence-corrected chi connectivity index (χ2v) is 9.47. The van der Waals surface area contributed by atoms with Gasteiger partial charge in [-0.1, -0.05) is 24.6 Å². The summed E-state index contributed by atoms with van der Waals surface area (Å²) >= 11 is 5.93. The number of H-pyrrole nitrogens is 1. The van der Waals surface area contributed by atoms with Crippen molar-refractivity contribution in [2.24, 2.45) is 0 Å². The van der Waals surface area contributed by atoms with E-state index in [1.807, 2.05) is 12.1 Å². The molecular formula is C26H26ClFN6O3. The number of rotatable bonds is 8. The van der Waals surface area contributed by atoms with Crippen molar-refractivity contribution in [2.75, 3.05) is 18.9 Å². The van der Waals surface area contributed by atoms with Crippen molar-refractivity contribution >= 4 is 40.2 Å². The van der Waals surface area contributed by atoms with Crippen LogP contribution in [0.1, 0.15) is 59.8 Å². The molecule has 1 aliphatic heterocycles. The molecule has 192 valence electrons. The van der Waals surface area contributed by atoms with Gasteiger partial charge < -0.3 is 9.64 Å². The summed E-state index contributed by atoms with van der Waals surface area (Å²) in [7, 11) is 1.70. The molecular weight excluding hydrogens is 499 g/mol. The Kier molecular flexibility index (Phi) is 6.84. The normalized spacial score (nSPS) is 15.7. The first kappa shape index (κ1) is 24.8. The van der Waals surface area contributed by atoms with E-state index < -0.39 is 18.0 Å². The summed E-state index contributed by atoms with van der Waals surface area (Å²) in [6.07, 6.45) is 5.30. The Morgan fingerprint density at radius 2 is 2.14 bits per heavy atom. The Balaban J connectivity index is 1.23. The molecule has 2 aromatic carbocycles. The van der Waals surface area contributed by atoms with Crippen LogP contribution in [0.25, 0.3) is 10.9 Å². The molecule has 3 heterocycles. The second-order valence-electron chi connectivity index (χ2n) is 9.06. The van der Waals surface area contributed by atoms with E-state index in [-0.39, 0.29) is 22.5 Å². The smallest absolute Gasteiger partial charge is 0.412 e. The predicted molar refractivity (Wildman–Crippen MR) is 137 cm³/mol. The number of nitrogens with zero attached hydrogens (tertiary/aromatic N) is 4. The highest BCUT2D eigenvalue weighted by Gasteiger charge is 2.30. The lowest BCUT2D eigenvalue weighted by Crippen LogP contribution is -2.29. The number of aromatic amines is 1. The van der Waals surface area contributed by atoms with Crippen LogP contribution in [0.4, 0.5) is 14.9 Å². The SMILES string of the molecule is CCC(c1ccc2[nH]ncc2c1)n1cc(C(=O)N(C)CCCC2OC(=O)Nc3ccc(Cl)c(F)c32)cn1.